The highest BCUT2D eigenvalue weighted by Crippen LogP contribution is 2.22. The molecule has 0 aliphatic rings. The predicted molar refractivity (Wildman–Crippen MR) is 87.7 cm³/mol. The summed E-state index contributed by atoms with van der Waals surface area (Å²) in [5.74, 6) is 0.603. The number of fused-ring (bicyclic) bond motifs is 1. The zero-order chi connectivity index (χ0) is 15.5. The fourth-order valence-electron chi connectivity index (χ4n) is 2.04. The van der Waals surface area contributed by atoms with Gasteiger partial charge in [-0.05, 0) is 23.3 Å². The van der Waals surface area contributed by atoms with Crippen LogP contribution in [0.1, 0.15) is 37.7 Å². The standard InChI is InChI=1S/C17H23N3O/c1-5-17(2,3)11-19-16(21)14-10-12-8-6-7-9-13(12)15(18-4)20-14/h6-10H,5,11H2,1-4H3,(H,18,20)(H,19,21). The van der Waals surface area contributed by atoms with Crippen molar-refractivity contribution in [2.45, 2.75) is 27.2 Å². The van der Waals surface area contributed by atoms with Gasteiger partial charge in [0.05, 0.1) is 0 Å². The molecular formula is C17H23N3O. The third kappa shape index (κ3) is 3.51. The summed E-state index contributed by atoms with van der Waals surface area (Å²) in [6.07, 6.45) is 1.01. The van der Waals surface area contributed by atoms with Crippen LogP contribution in [0.2, 0.25) is 0 Å². The van der Waals surface area contributed by atoms with Crippen LogP contribution in [0.4, 0.5) is 5.82 Å². The summed E-state index contributed by atoms with van der Waals surface area (Å²) in [7, 11) is 1.82. The van der Waals surface area contributed by atoms with Crippen LogP contribution in [0, 0.1) is 5.41 Å². The Labute approximate surface area is 126 Å². The van der Waals surface area contributed by atoms with Crippen LogP contribution in [-0.2, 0) is 0 Å². The number of aromatic nitrogens is 1. The first kappa shape index (κ1) is 15.3. The number of hydrogen-bond donors (Lipinski definition) is 2. The summed E-state index contributed by atoms with van der Waals surface area (Å²) in [5.41, 5.74) is 0.545. The fraction of sp³-hybridized carbons (Fsp3) is 0.412. The van der Waals surface area contributed by atoms with Gasteiger partial charge in [0.25, 0.3) is 5.91 Å². The normalized spacial score (nSPS) is 11.4. The lowest BCUT2D eigenvalue weighted by Crippen LogP contribution is -2.34. The maximum absolute atomic E-state index is 12.3. The lowest BCUT2D eigenvalue weighted by Gasteiger charge is -2.22. The highest BCUT2D eigenvalue weighted by atomic mass is 16.1. The second-order valence-corrected chi connectivity index (χ2v) is 6.03. The number of amides is 1. The van der Waals surface area contributed by atoms with E-state index in [1.807, 2.05) is 37.4 Å². The minimum absolute atomic E-state index is 0.0956. The van der Waals surface area contributed by atoms with Crippen LogP contribution < -0.4 is 10.6 Å². The molecule has 4 nitrogen and oxygen atoms in total. The van der Waals surface area contributed by atoms with Crippen molar-refractivity contribution in [1.82, 2.24) is 10.3 Å². The number of carbonyl (C=O) groups excluding carboxylic acids is 1. The van der Waals surface area contributed by atoms with Gasteiger partial charge in [0.1, 0.15) is 11.5 Å². The first-order chi connectivity index (χ1) is 9.96. The molecule has 0 aliphatic carbocycles. The SMILES string of the molecule is CCC(C)(C)CNC(=O)c1cc2ccccc2c(NC)n1. The number of hydrogen-bond acceptors (Lipinski definition) is 3. The van der Waals surface area contributed by atoms with Gasteiger partial charge in [-0.3, -0.25) is 4.79 Å². The third-order valence-corrected chi connectivity index (χ3v) is 3.89. The van der Waals surface area contributed by atoms with E-state index in [9.17, 15) is 4.79 Å². The van der Waals surface area contributed by atoms with Gasteiger partial charge in [-0.25, -0.2) is 4.98 Å². The van der Waals surface area contributed by atoms with Crippen LogP contribution in [-0.4, -0.2) is 24.5 Å². The van der Waals surface area contributed by atoms with E-state index in [2.05, 4.69) is 36.4 Å². The fourth-order valence-corrected chi connectivity index (χ4v) is 2.04. The van der Waals surface area contributed by atoms with Crippen LogP contribution in [0.15, 0.2) is 30.3 Å². The van der Waals surface area contributed by atoms with Gasteiger partial charge < -0.3 is 10.6 Å². The molecule has 1 amide bonds. The number of nitrogens with zero attached hydrogens (tertiary/aromatic N) is 1. The average Bonchev–Trinajstić information content (AvgIpc) is 2.51. The molecule has 0 unspecified atom stereocenters. The van der Waals surface area contributed by atoms with Crippen molar-refractivity contribution in [1.29, 1.82) is 0 Å². The maximum Gasteiger partial charge on any atom is 0.270 e. The predicted octanol–water partition coefficient (Wildman–Crippen LogP) is 3.44. The molecule has 0 spiro atoms. The first-order valence-corrected chi connectivity index (χ1v) is 7.32. The molecule has 1 aromatic carbocycles. The lowest BCUT2D eigenvalue weighted by atomic mass is 9.90. The van der Waals surface area contributed by atoms with Crippen LogP contribution in [0.25, 0.3) is 10.8 Å². The monoisotopic (exact) mass is 285 g/mol. The molecule has 0 atom stereocenters. The van der Waals surface area contributed by atoms with Gasteiger partial charge in [0, 0.05) is 19.0 Å². The van der Waals surface area contributed by atoms with E-state index in [0.29, 0.717) is 12.2 Å². The van der Waals surface area contributed by atoms with Crippen molar-refractivity contribution in [3.8, 4) is 0 Å². The Bertz CT molecular complexity index is 650. The summed E-state index contributed by atoms with van der Waals surface area (Å²) in [5, 5.41) is 8.06. The highest BCUT2D eigenvalue weighted by Gasteiger charge is 2.18. The number of anilines is 1. The van der Waals surface area contributed by atoms with Gasteiger partial charge in [-0.1, -0.05) is 45.0 Å². The number of pyridine rings is 1. The highest BCUT2D eigenvalue weighted by molar-refractivity contribution is 6.00. The second kappa shape index (κ2) is 6.12. The molecule has 0 aliphatic heterocycles. The summed E-state index contributed by atoms with van der Waals surface area (Å²) < 4.78 is 0. The zero-order valence-electron chi connectivity index (χ0n) is 13.2. The van der Waals surface area contributed by atoms with E-state index in [1.54, 1.807) is 0 Å². The van der Waals surface area contributed by atoms with Crippen LogP contribution >= 0.6 is 0 Å². The summed E-state index contributed by atoms with van der Waals surface area (Å²) in [6.45, 7) is 7.05. The summed E-state index contributed by atoms with van der Waals surface area (Å²) in [6, 6.07) is 9.75. The smallest absolute Gasteiger partial charge is 0.270 e. The van der Waals surface area contributed by atoms with Crippen molar-refractivity contribution in [2.75, 3.05) is 18.9 Å². The van der Waals surface area contributed by atoms with Crippen molar-refractivity contribution < 1.29 is 4.79 Å². The molecule has 0 radical (unpaired) electrons. The molecule has 1 aromatic heterocycles. The Balaban J connectivity index is 2.27. The maximum atomic E-state index is 12.3. The Hall–Kier alpha value is -2.10. The second-order valence-electron chi connectivity index (χ2n) is 6.03. The number of carbonyl (C=O) groups is 1. The Morgan fingerprint density at radius 1 is 1.29 bits per heavy atom. The molecule has 112 valence electrons. The van der Waals surface area contributed by atoms with E-state index < -0.39 is 0 Å². The molecule has 4 heteroatoms. The van der Waals surface area contributed by atoms with Gasteiger partial charge in [-0.15, -0.1) is 0 Å². The third-order valence-electron chi connectivity index (χ3n) is 3.89. The van der Waals surface area contributed by atoms with E-state index >= 15 is 0 Å². The van der Waals surface area contributed by atoms with Crippen molar-refractivity contribution >= 4 is 22.5 Å². The quantitative estimate of drug-likeness (QED) is 0.884. The van der Waals surface area contributed by atoms with E-state index in [-0.39, 0.29) is 11.3 Å². The van der Waals surface area contributed by atoms with Gasteiger partial charge >= 0.3 is 0 Å². The molecule has 1 heterocycles. The largest absolute Gasteiger partial charge is 0.373 e. The van der Waals surface area contributed by atoms with E-state index in [0.717, 1.165) is 23.0 Å². The number of rotatable bonds is 5. The molecule has 0 bridgehead atoms. The van der Waals surface area contributed by atoms with E-state index in [1.165, 1.54) is 0 Å². The minimum Gasteiger partial charge on any atom is -0.373 e. The zero-order valence-corrected chi connectivity index (χ0v) is 13.2. The first-order valence-electron chi connectivity index (χ1n) is 7.32. The molecule has 0 saturated carbocycles. The van der Waals surface area contributed by atoms with Crippen molar-refractivity contribution in [2.24, 2.45) is 5.41 Å². The summed E-state index contributed by atoms with van der Waals surface area (Å²) >= 11 is 0. The van der Waals surface area contributed by atoms with Gasteiger partial charge in [0.15, 0.2) is 0 Å². The van der Waals surface area contributed by atoms with Crippen molar-refractivity contribution in [3.05, 3.63) is 36.0 Å². The van der Waals surface area contributed by atoms with Crippen LogP contribution in [0.3, 0.4) is 0 Å². The molecule has 2 N–H and O–H groups in total. The Morgan fingerprint density at radius 3 is 2.67 bits per heavy atom. The average molecular weight is 285 g/mol. The van der Waals surface area contributed by atoms with Crippen LogP contribution in [0.5, 0.6) is 0 Å². The van der Waals surface area contributed by atoms with Gasteiger partial charge in [-0.2, -0.15) is 0 Å². The molecular weight excluding hydrogens is 262 g/mol. The van der Waals surface area contributed by atoms with Crippen molar-refractivity contribution in [3.63, 3.8) is 0 Å². The molecule has 0 fully saturated rings. The Kier molecular flexibility index (Phi) is 4.46. The molecule has 2 aromatic rings. The molecule has 2 rings (SSSR count). The lowest BCUT2D eigenvalue weighted by molar-refractivity contribution is 0.0931. The number of nitrogens with one attached hydrogen (secondary N) is 2. The minimum atomic E-state index is -0.126. The number of benzene rings is 1. The topological polar surface area (TPSA) is 54.0 Å². The molecule has 21 heavy (non-hydrogen) atoms. The van der Waals surface area contributed by atoms with Gasteiger partial charge in [0.2, 0.25) is 0 Å². The van der Waals surface area contributed by atoms with E-state index in [4.69, 9.17) is 0 Å². The molecule has 0 saturated heterocycles. The summed E-state index contributed by atoms with van der Waals surface area (Å²) in [4.78, 5) is 16.7. The Morgan fingerprint density at radius 2 is 2.00 bits per heavy atom.